The van der Waals surface area contributed by atoms with Crippen LogP contribution >= 0.6 is 0 Å². The van der Waals surface area contributed by atoms with Gasteiger partial charge in [0.15, 0.2) is 0 Å². The maximum Gasteiger partial charge on any atom is 0.416 e. The summed E-state index contributed by atoms with van der Waals surface area (Å²) in [5.74, 6) is 0.926. The van der Waals surface area contributed by atoms with Gasteiger partial charge in [-0.2, -0.15) is 13.2 Å². The number of halogens is 3. The number of rotatable bonds is 7. The van der Waals surface area contributed by atoms with E-state index in [1.165, 1.54) is 4.90 Å². The van der Waals surface area contributed by atoms with Gasteiger partial charge in [-0.25, -0.2) is 19.7 Å². The third kappa shape index (κ3) is 5.81. The molecule has 236 valence electrons. The largest absolute Gasteiger partial charge is 0.481 e. The zero-order valence-electron chi connectivity index (χ0n) is 25.8. The van der Waals surface area contributed by atoms with Crippen LogP contribution in [0.15, 0.2) is 42.9 Å². The number of aromatic nitrogens is 4. The van der Waals surface area contributed by atoms with E-state index in [1.54, 1.807) is 39.4 Å². The smallest absolute Gasteiger partial charge is 0.416 e. The van der Waals surface area contributed by atoms with Crippen molar-refractivity contribution < 1.29 is 27.4 Å². The fraction of sp³-hybridized carbons (Fsp3) is 0.394. The van der Waals surface area contributed by atoms with Crippen LogP contribution in [-0.4, -0.2) is 57.2 Å². The Balaban J connectivity index is 1.41. The van der Waals surface area contributed by atoms with Gasteiger partial charge in [-0.15, -0.1) is 0 Å². The molecule has 2 aliphatic rings. The van der Waals surface area contributed by atoms with Crippen molar-refractivity contribution >= 4 is 12.0 Å². The third-order valence-electron chi connectivity index (χ3n) is 8.61. The number of amides is 1. The standard InChI is InChI=1S/C33H35F3N6O3/c1-18-10-22(12-24(11-18)33(34,35)36)29-21(4)42(32(43)45-29)17-27-26(16-39-31(40-27)41-8-6-7-9-41)25-13-23(15-38-30(25)44-5)28-19(2)14-37-20(28)3/h10-16,21,29,37H,6-9,17H2,1-5H3/t21-,29-/m0/s1. The van der Waals surface area contributed by atoms with Crippen molar-refractivity contribution in [2.45, 2.75) is 65.4 Å². The normalized spacial score (nSPS) is 18.5. The molecular formula is C33H35F3N6O3. The Labute approximate surface area is 259 Å². The Morgan fingerprint density at radius 3 is 2.47 bits per heavy atom. The summed E-state index contributed by atoms with van der Waals surface area (Å²) in [6.45, 7) is 9.07. The lowest BCUT2D eigenvalue weighted by Crippen LogP contribution is -2.32. The molecule has 0 unspecified atom stereocenters. The van der Waals surface area contributed by atoms with Crippen LogP contribution in [0, 0.1) is 20.8 Å². The number of H-pyrrole nitrogens is 1. The van der Waals surface area contributed by atoms with E-state index in [9.17, 15) is 18.0 Å². The number of hydrogen-bond acceptors (Lipinski definition) is 7. The molecule has 4 aromatic rings. The van der Waals surface area contributed by atoms with Crippen LogP contribution < -0.4 is 9.64 Å². The van der Waals surface area contributed by atoms with Crippen molar-refractivity contribution in [3.8, 4) is 28.1 Å². The molecule has 2 saturated heterocycles. The first-order valence-corrected chi connectivity index (χ1v) is 14.9. The molecule has 1 amide bonds. The Morgan fingerprint density at radius 1 is 1.04 bits per heavy atom. The average molecular weight is 621 g/mol. The molecule has 2 fully saturated rings. The van der Waals surface area contributed by atoms with Gasteiger partial charge in [0.2, 0.25) is 11.8 Å². The highest BCUT2D eigenvalue weighted by molar-refractivity contribution is 5.79. The maximum atomic E-state index is 13.6. The summed E-state index contributed by atoms with van der Waals surface area (Å²) in [5, 5.41) is 0. The fourth-order valence-corrected chi connectivity index (χ4v) is 6.33. The number of cyclic esters (lactones) is 1. The molecule has 0 saturated carbocycles. The summed E-state index contributed by atoms with van der Waals surface area (Å²) in [6.07, 6.45) is 1.45. The lowest BCUT2D eigenvalue weighted by atomic mass is 9.97. The topological polar surface area (TPSA) is 96.5 Å². The maximum absolute atomic E-state index is 13.6. The molecular weight excluding hydrogens is 585 g/mol. The number of hydrogen-bond donors (Lipinski definition) is 1. The van der Waals surface area contributed by atoms with Crippen LogP contribution in [0.3, 0.4) is 0 Å². The molecule has 0 bridgehead atoms. The molecule has 45 heavy (non-hydrogen) atoms. The monoisotopic (exact) mass is 620 g/mol. The minimum Gasteiger partial charge on any atom is -0.481 e. The van der Waals surface area contributed by atoms with Gasteiger partial charge in [0, 0.05) is 59.6 Å². The van der Waals surface area contributed by atoms with Crippen molar-refractivity contribution in [2.24, 2.45) is 0 Å². The number of carbonyl (C=O) groups excluding carboxylic acids is 1. The number of ether oxygens (including phenoxy) is 2. The molecule has 12 heteroatoms. The van der Waals surface area contributed by atoms with Crippen molar-refractivity contribution in [1.82, 2.24) is 24.8 Å². The number of aromatic amines is 1. The molecule has 1 aromatic carbocycles. The highest BCUT2D eigenvalue weighted by Crippen LogP contribution is 2.40. The van der Waals surface area contributed by atoms with E-state index in [0.717, 1.165) is 60.4 Å². The highest BCUT2D eigenvalue weighted by atomic mass is 19.4. The Kier molecular flexibility index (Phi) is 7.92. The lowest BCUT2D eigenvalue weighted by molar-refractivity contribution is -0.137. The SMILES string of the molecule is COc1ncc(-c2c(C)c[nH]c2C)cc1-c1cnc(N2CCCC2)nc1CN1C(=O)O[C@H](c2cc(C)cc(C(F)(F)F)c2)[C@@H]1C. The number of pyridine rings is 1. The zero-order valence-corrected chi connectivity index (χ0v) is 25.8. The Hall–Kier alpha value is -4.61. The predicted octanol–water partition coefficient (Wildman–Crippen LogP) is 7.17. The van der Waals surface area contributed by atoms with E-state index in [0.29, 0.717) is 39.8 Å². The molecule has 2 atom stereocenters. The second kappa shape index (κ2) is 11.7. The number of nitrogens with one attached hydrogen (secondary N) is 1. The first-order chi connectivity index (χ1) is 21.4. The minimum atomic E-state index is -4.52. The third-order valence-corrected chi connectivity index (χ3v) is 8.61. The van der Waals surface area contributed by atoms with Crippen molar-refractivity contribution in [3.05, 3.63) is 76.5 Å². The van der Waals surface area contributed by atoms with E-state index in [2.05, 4.69) is 14.9 Å². The highest BCUT2D eigenvalue weighted by Gasteiger charge is 2.42. The van der Waals surface area contributed by atoms with Crippen LogP contribution in [0.5, 0.6) is 5.88 Å². The number of anilines is 1. The first-order valence-electron chi connectivity index (χ1n) is 14.9. The number of benzene rings is 1. The minimum absolute atomic E-state index is 0.0444. The second-order valence-electron chi connectivity index (χ2n) is 11.8. The van der Waals surface area contributed by atoms with Crippen molar-refractivity contribution in [2.75, 3.05) is 25.1 Å². The van der Waals surface area contributed by atoms with Crippen LogP contribution in [0.4, 0.5) is 23.9 Å². The Morgan fingerprint density at radius 2 is 1.80 bits per heavy atom. The molecule has 0 radical (unpaired) electrons. The molecule has 0 spiro atoms. The van der Waals surface area contributed by atoms with Crippen molar-refractivity contribution in [1.29, 1.82) is 0 Å². The molecule has 9 nitrogen and oxygen atoms in total. The summed E-state index contributed by atoms with van der Waals surface area (Å²) < 4.78 is 52.2. The summed E-state index contributed by atoms with van der Waals surface area (Å²) >= 11 is 0. The summed E-state index contributed by atoms with van der Waals surface area (Å²) in [7, 11) is 1.54. The summed E-state index contributed by atoms with van der Waals surface area (Å²) in [6, 6.07) is 5.17. The fourth-order valence-electron chi connectivity index (χ4n) is 6.33. The second-order valence-corrected chi connectivity index (χ2v) is 11.8. The van der Waals surface area contributed by atoms with Crippen molar-refractivity contribution in [3.63, 3.8) is 0 Å². The van der Waals surface area contributed by atoms with Crippen LogP contribution in [0.1, 0.15) is 59.5 Å². The summed E-state index contributed by atoms with van der Waals surface area (Å²) in [4.78, 5) is 34.4. The van der Waals surface area contributed by atoms with Gasteiger partial charge in [0.25, 0.3) is 0 Å². The van der Waals surface area contributed by atoms with E-state index in [4.69, 9.17) is 19.4 Å². The molecule has 2 aliphatic heterocycles. The van der Waals surface area contributed by atoms with E-state index < -0.39 is 30.0 Å². The molecule has 1 N–H and O–H groups in total. The van der Waals surface area contributed by atoms with E-state index in [1.807, 2.05) is 26.1 Å². The number of alkyl halides is 3. The average Bonchev–Trinajstić information content (AvgIpc) is 3.73. The van der Waals surface area contributed by atoms with Gasteiger partial charge < -0.3 is 19.4 Å². The van der Waals surface area contributed by atoms with E-state index in [-0.39, 0.29) is 6.54 Å². The molecule has 3 aromatic heterocycles. The van der Waals surface area contributed by atoms with Gasteiger partial charge in [-0.3, -0.25) is 4.90 Å². The van der Waals surface area contributed by atoms with Gasteiger partial charge in [0.05, 0.1) is 31.0 Å². The lowest BCUT2D eigenvalue weighted by Gasteiger charge is -2.24. The number of methoxy groups -OCH3 is 1. The van der Waals surface area contributed by atoms with Crippen LogP contribution in [0.2, 0.25) is 0 Å². The first kappa shape index (κ1) is 30.4. The van der Waals surface area contributed by atoms with Gasteiger partial charge in [-0.05, 0) is 69.9 Å². The number of aryl methyl sites for hydroxylation is 3. The van der Waals surface area contributed by atoms with Gasteiger partial charge >= 0.3 is 12.3 Å². The summed E-state index contributed by atoms with van der Waals surface area (Å²) in [5.41, 5.74) is 5.76. The zero-order chi connectivity index (χ0) is 32.0. The predicted molar refractivity (Wildman–Crippen MR) is 163 cm³/mol. The van der Waals surface area contributed by atoms with Crippen LogP contribution in [-0.2, 0) is 17.5 Å². The Bertz CT molecular complexity index is 1730. The number of carbonyl (C=O) groups is 1. The molecule has 5 heterocycles. The van der Waals surface area contributed by atoms with Gasteiger partial charge in [-0.1, -0.05) is 11.6 Å². The van der Waals surface area contributed by atoms with Crippen LogP contribution in [0.25, 0.3) is 22.3 Å². The van der Waals surface area contributed by atoms with Gasteiger partial charge in [0.1, 0.15) is 6.10 Å². The quantitative estimate of drug-likeness (QED) is 0.234. The van der Waals surface area contributed by atoms with E-state index >= 15 is 0 Å². The molecule has 0 aliphatic carbocycles. The molecule has 6 rings (SSSR count). The number of nitrogens with zero attached hydrogens (tertiary/aromatic N) is 5.